The molecule has 2 aromatic carbocycles. The minimum atomic E-state index is -0.717. The molecule has 0 aliphatic heterocycles. The molecule has 0 aliphatic carbocycles. The predicted molar refractivity (Wildman–Crippen MR) is 81.0 cm³/mol. The molecule has 0 atom stereocenters. The van der Waals surface area contributed by atoms with Crippen LogP contribution in [-0.4, -0.2) is 16.9 Å². The van der Waals surface area contributed by atoms with Crippen LogP contribution in [0.15, 0.2) is 48.5 Å². The predicted octanol–water partition coefficient (Wildman–Crippen LogP) is 3.21. The van der Waals surface area contributed by atoms with Gasteiger partial charge in [0.2, 0.25) is 0 Å². The van der Waals surface area contributed by atoms with E-state index in [0.29, 0.717) is 10.7 Å². The van der Waals surface area contributed by atoms with Gasteiger partial charge in [-0.3, -0.25) is 20.2 Å². The van der Waals surface area contributed by atoms with Gasteiger partial charge in [0.05, 0.1) is 4.92 Å². The van der Waals surface area contributed by atoms with Gasteiger partial charge in [0.1, 0.15) is 0 Å². The average Bonchev–Trinajstić information content (AvgIpc) is 2.49. The van der Waals surface area contributed by atoms with Crippen LogP contribution in [0.3, 0.4) is 0 Å². The van der Waals surface area contributed by atoms with Gasteiger partial charge in [-0.2, -0.15) is 0 Å². The first kappa shape index (κ1) is 15.5. The number of hydrogen-bond donors (Lipinski definition) is 2. The van der Waals surface area contributed by atoms with E-state index in [1.807, 2.05) is 0 Å². The lowest BCUT2D eigenvalue weighted by atomic mass is 10.2. The van der Waals surface area contributed by atoms with Crippen LogP contribution in [0.25, 0.3) is 0 Å². The molecule has 0 bridgehead atoms. The highest BCUT2D eigenvalue weighted by Gasteiger charge is 2.12. The summed E-state index contributed by atoms with van der Waals surface area (Å²) in [7, 11) is 0. The smallest absolute Gasteiger partial charge is 0.308 e. The van der Waals surface area contributed by atoms with Crippen molar-refractivity contribution in [2.24, 2.45) is 0 Å². The monoisotopic (exact) mass is 319 g/mol. The van der Waals surface area contributed by atoms with Gasteiger partial charge in [0.15, 0.2) is 0 Å². The fourth-order valence-corrected chi connectivity index (χ4v) is 1.73. The molecule has 2 aromatic rings. The number of carbonyl (C=O) groups is 2. The second kappa shape index (κ2) is 6.68. The van der Waals surface area contributed by atoms with Crippen molar-refractivity contribution >= 4 is 34.9 Å². The molecule has 22 heavy (non-hydrogen) atoms. The summed E-state index contributed by atoms with van der Waals surface area (Å²) >= 11 is 5.72. The highest BCUT2D eigenvalue weighted by Crippen LogP contribution is 2.14. The number of nitro benzene ring substituents is 1. The third kappa shape index (κ3) is 4.03. The second-order valence-electron chi connectivity index (χ2n) is 4.22. The summed E-state index contributed by atoms with van der Waals surface area (Å²) in [5.41, 5.74) is 0.470. The third-order valence-electron chi connectivity index (χ3n) is 2.67. The third-order valence-corrected chi connectivity index (χ3v) is 2.92. The van der Waals surface area contributed by atoms with Crippen LogP contribution in [0.1, 0.15) is 10.4 Å². The van der Waals surface area contributed by atoms with Gasteiger partial charge in [-0.1, -0.05) is 11.6 Å². The molecule has 0 spiro atoms. The molecule has 0 radical (unpaired) electrons. The Balaban J connectivity index is 1.97. The molecule has 112 valence electrons. The highest BCUT2D eigenvalue weighted by molar-refractivity contribution is 6.30. The number of hydrogen-bond acceptors (Lipinski definition) is 4. The van der Waals surface area contributed by atoms with Gasteiger partial charge < -0.3 is 5.32 Å². The fraction of sp³-hybridized carbons (Fsp3) is 0. The highest BCUT2D eigenvalue weighted by atomic mass is 35.5. The van der Waals surface area contributed by atoms with Crippen LogP contribution < -0.4 is 10.6 Å². The number of anilines is 1. The summed E-state index contributed by atoms with van der Waals surface area (Å²) in [6.07, 6.45) is 0. The van der Waals surface area contributed by atoms with Crippen molar-refractivity contribution in [2.75, 3.05) is 5.32 Å². The number of urea groups is 1. The normalized spacial score (nSPS) is 9.86. The summed E-state index contributed by atoms with van der Waals surface area (Å²) in [6, 6.07) is 10.5. The first-order valence-electron chi connectivity index (χ1n) is 6.08. The zero-order valence-electron chi connectivity index (χ0n) is 11.1. The summed E-state index contributed by atoms with van der Waals surface area (Å²) in [5, 5.41) is 15.6. The van der Waals surface area contributed by atoms with Gasteiger partial charge in [0, 0.05) is 28.4 Å². The largest absolute Gasteiger partial charge is 0.326 e. The quantitative estimate of drug-likeness (QED) is 0.670. The number of rotatable bonds is 3. The fourth-order valence-electron chi connectivity index (χ4n) is 1.61. The molecule has 3 amide bonds. The molecule has 0 aliphatic rings. The first-order chi connectivity index (χ1) is 10.5. The Hall–Kier alpha value is -2.93. The van der Waals surface area contributed by atoms with Crippen LogP contribution in [0.2, 0.25) is 5.02 Å². The molecule has 0 saturated carbocycles. The van der Waals surface area contributed by atoms with Crippen molar-refractivity contribution in [3.05, 3.63) is 69.2 Å². The van der Waals surface area contributed by atoms with Gasteiger partial charge in [-0.25, -0.2) is 4.79 Å². The Labute approximate surface area is 130 Å². The second-order valence-corrected chi connectivity index (χ2v) is 4.66. The Kier molecular flexibility index (Phi) is 4.70. The van der Waals surface area contributed by atoms with Gasteiger partial charge in [-0.15, -0.1) is 0 Å². The topological polar surface area (TPSA) is 101 Å². The molecule has 2 rings (SSSR count). The Morgan fingerprint density at radius 1 is 1.00 bits per heavy atom. The lowest BCUT2D eigenvalue weighted by molar-refractivity contribution is -0.384. The maximum absolute atomic E-state index is 11.8. The molecule has 2 N–H and O–H groups in total. The van der Waals surface area contributed by atoms with E-state index < -0.39 is 16.9 Å². The number of imide groups is 1. The van der Waals surface area contributed by atoms with Crippen molar-refractivity contribution in [3.8, 4) is 0 Å². The number of benzene rings is 2. The number of amides is 3. The lowest BCUT2D eigenvalue weighted by Gasteiger charge is -2.06. The van der Waals surface area contributed by atoms with E-state index in [-0.39, 0.29) is 11.3 Å². The SMILES string of the molecule is O=C(NC(=O)c1ccc([N+](=O)[O-])cc1)Nc1ccc(Cl)cc1. The van der Waals surface area contributed by atoms with Crippen LogP contribution in [-0.2, 0) is 0 Å². The molecule has 0 fully saturated rings. The van der Waals surface area contributed by atoms with E-state index in [4.69, 9.17) is 11.6 Å². The number of nitrogens with one attached hydrogen (secondary N) is 2. The molecule has 0 aromatic heterocycles. The minimum Gasteiger partial charge on any atom is -0.308 e. The van der Waals surface area contributed by atoms with E-state index in [1.165, 1.54) is 24.3 Å². The van der Waals surface area contributed by atoms with Gasteiger partial charge in [0.25, 0.3) is 11.6 Å². The zero-order chi connectivity index (χ0) is 16.1. The summed E-state index contributed by atoms with van der Waals surface area (Å²) in [6.45, 7) is 0. The Morgan fingerprint density at radius 3 is 2.14 bits per heavy atom. The number of halogens is 1. The summed E-state index contributed by atoms with van der Waals surface area (Å²) < 4.78 is 0. The van der Waals surface area contributed by atoms with Crippen molar-refractivity contribution in [3.63, 3.8) is 0 Å². The number of nitro groups is 1. The molecule has 8 heteroatoms. The van der Waals surface area contributed by atoms with E-state index in [0.717, 1.165) is 0 Å². The number of carbonyl (C=O) groups excluding carboxylic acids is 2. The van der Waals surface area contributed by atoms with Crippen molar-refractivity contribution < 1.29 is 14.5 Å². The van der Waals surface area contributed by atoms with Crippen molar-refractivity contribution in [1.82, 2.24) is 5.32 Å². The Morgan fingerprint density at radius 2 is 1.59 bits per heavy atom. The first-order valence-corrected chi connectivity index (χ1v) is 6.46. The van der Waals surface area contributed by atoms with Gasteiger partial charge in [-0.05, 0) is 36.4 Å². The van der Waals surface area contributed by atoms with E-state index >= 15 is 0 Å². The van der Waals surface area contributed by atoms with Crippen LogP contribution in [0.4, 0.5) is 16.2 Å². The minimum absolute atomic E-state index is 0.136. The van der Waals surface area contributed by atoms with Crippen LogP contribution in [0, 0.1) is 10.1 Å². The summed E-state index contributed by atoms with van der Waals surface area (Å²) in [4.78, 5) is 33.4. The Bertz CT molecular complexity index is 714. The summed E-state index contributed by atoms with van der Waals surface area (Å²) in [5.74, 6) is -0.665. The molecule has 0 heterocycles. The van der Waals surface area contributed by atoms with E-state index in [9.17, 15) is 19.7 Å². The lowest BCUT2D eigenvalue weighted by Crippen LogP contribution is -2.34. The number of nitrogens with zero attached hydrogens (tertiary/aromatic N) is 1. The maximum Gasteiger partial charge on any atom is 0.326 e. The molecular weight excluding hydrogens is 310 g/mol. The molecular formula is C14H10ClN3O4. The zero-order valence-corrected chi connectivity index (χ0v) is 11.8. The van der Waals surface area contributed by atoms with Crippen molar-refractivity contribution in [1.29, 1.82) is 0 Å². The molecule has 0 saturated heterocycles. The average molecular weight is 320 g/mol. The van der Waals surface area contributed by atoms with E-state index in [1.54, 1.807) is 24.3 Å². The standard InChI is InChI=1S/C14H10ClN3O4/c15-10-3-5-11(6-4-10)16-14(20)17-13(19)9-1-7-12(8-2-9)18(21)22/h1-8H,(H2,16,17,19,20). The van der Waals surface area contributed by atoms with Gasteiger partial charge >= 0.3 is 6.03 Å². The van der Waals surface area contributed by atoms with Crippen molar-refractivity contribution in [2.45, 2.75) is 0 Å². The van der Waals surface area contributed by atoms with E-state index in [2.05, 4.69) is 10.6 Å². The maximum atomic E-state index is 11.8. The van der Waals surface area contributed by atoms with Crippen LogP contribution >= 0.6 is 11.6 Å². The van der Waals surface area contributed by atoms with Crippen LogP contribution in [0.5, 0.6) is 0 Å². The number of non-ortho nitro benzene ring substituents is 1. The molecule has 0 unspecified atom stereocenters. The molecule has 7 nitrogen and oxygen atoms in total.